The van der Waals surface area contributed by atoms with Crippen LogP contribution in [0, 0.1) is 16.0 Å². The molecule has 1 amide bonds. The molecule has 2 rings (SSSR count). The Balaban J connectivity index is 2.11. The van der Waals surface area contributed by atoms with Crippen molar-refractivity contribution in [1.29, 1.82) is 0 Å². The van der Waals surface area contributed by atoms with Gasteiger partial charge in [-0.1, -0.05) is 18.5 Å². The van der Waals surface area contributed by atoms with E-state index in [1.807, 2.05) is 0 Å². The Morgan fingerprint density at radius 3 is 2.87 bits per heavy atom. The van der Waals surface area contributed by atoms with Gasteiger partial charge in [0.05, 0.1) is 41.8 Å². The van der Waals surface area contributed by atoms with Crippen LogP contribution in [-0.2, 0) is 11.3 Å². The van der Waals surface area contributed by atoms with Crippen LogP contribution in [0.1, 0.15) is 6.92 Å². The quantitative estimate of drug-likeness (QED) is 0.644. The summed E-state index contributed by atoms with van der Waals surface area (Å²) in [7, 11) is 1.41. The number of benzene rings is 1. The van der Waals surface area contributed by atoms with Crippen molar-refractivity contribution in [2.75, 3.05) is 12.4 Å². The number of aromatic nitrogens is 2. The van der Waals surface area contributed by atoms with Crippen molar-refractivity contribution < 1.29 is 14.5 Å². The molecule has 0 radical (unpaired) electrons. The van der Waals surface area contributed by atoms with Gasteiger partial charge in [0, 0.05) is 6.20 Å². The first-order chi connectivity index (χ1) is 10.9. The predicted molar refractivity (Wildman–Crippen MR) is 84.7 cm³/mol. The highest BCUT2D eigenvalue weighted by atomic mass is 35.5. The van der Waals surface area contributed by atoms with Crippen molar-refractivity contribution in [1.82, 2.24) is 9.78 Å². The van der Waals surface area contributed by atoms with Crippen LogP contribution in [-0.4, -0.2) is 27.7 Å². The second-order valence-corrected chi connectivity index (χ2v) is 5.35. The van der Waals surface area contributed by atoms with E-state index >= 15 is 0 Å². The first-order valence-electron chi connectivity index (χ1n) is 6.72. The van der Waals surface area contributed by atoms with E-state index in [4.69, 9.17) is 16.3 Å². The summed E-state index contributed by atoms with van der Waals surface area (Å²) in [6.07, 6.45) is 3.07. The lowest BCUT2D eigenvalue weighted by Gasteiger charge is -2.13. The van der Waals surface area contributed by atoms with Crippen molar-refractivity contribution in [3.63, 3.8) is 0 Å². The van der Waals surface area contributed by atoms with Crippen molar-refractivity contribution in [3.8, 4) is 5.75 Å². The van der Waals surface area contributed by atoms with E-state index in [1.165, 1.54) is 30.1 Å². The van der Waals surface area contributed by atoms with Gasteiger partial charge in [-0.15, -0.1) is 0 Å². The van der Waals surface area contributed by atoms with Crippen LogP contribution in [0.2, 0.25) is 5.02 Å². The van der Waals surface area contributed by atoms with Crippen LogP contribution >= 0.6 is 11.6 Å². The number of rotatable bonds is 6. The maximum atomic E-state index is 12.2. The van der Waals surface area contributed by atoms with Gasteiger partial charge in [-0.3, -0.25) is 19.6 Å². The molecular weight excluding hydrogens is 324 g/mol. The van der Waals surface area contributed by atoms with Crippen molar-refractivity contribution in [2.45, 2.75) is 13.5 Å². The molecule has 8 nitrogen and oxygen atoms in total. The van der Waals surface area contributed by atoms with Crippen molar-refractivity contribution in [2.24, 2.45) is 5.92 Å². The lowest BCUT2D eigenvalue weighted by atomic mass is 10.1. The Bertz CT molecular complexity index is 731. The average Bonchev–Trinajstić information content (AvgIpc) is 2.92. The van der Waals surface area contributed by atoms with Crippen molar-refractivity contribution >= 4 is 28.9 Å². The normalized spacial score (nSPS) is 11.8. The second-order valence-electron chi connectivity index (χ2n) is 4.91. The molecule has 0 aliphatic heterocycles. The van der Waals surface area contributed by atoms with Crippen LogP contribution in [0.25, 0.3) is 0 Å². The smallest absolute Gasteiger partial charge is 0.296 e. The average molecular weight is 339 g/mol. The van der Waals surface area contributed by atoms with Gasteiger partial charge < -0.3 is 10.1 Å². The fourth-order valence-corrected chi connectivity index (χ4v) is 2.11. The number of nitrogens with zero attached hydrogens (tertiary/aromatic N) is 3. The van der Waals surface area contributed by atoms with Gasteiger partial charge in [0.1, 0.15) is 11.4 Å². The summed E-state index contributed by atoms with van der Waals surface area (Å²) in [6.45, 7) is 2.00. The minimum atomic E-state index is -0.573. The highest BCUT2D eigenvalue weighted by Gasteiger charge is 2.20. The number of nitrogens with one attached hydrogen (secondary N) is 1. The van der Waals surface area contributed by atoms with E-state index in [0.717, 1.165) is 0 Å². The van der Waals surface area contributed by atoms with E-state index in [2.05, 4.69) is 10.4 Å². The van der Waals surface area contributed by atoms with E-state index in [-0.39, 0.29) is 17.3 Å². The zero-order valence-electron chi connectivity index (χ0n) is 12.5. The highest BCUT2D eigenvalue weighted by Crippen LogP contribution is 2.29. The minimum Gasteiger partial charge on any atom is -0.496 e. The number of ether oxygens (including phenoxy) is 1. The lowest BCUT2D eigenvalue weighted by Crippen LogP contribution is -2.25. The summed E-state index contributed by atoms with van der Waals surface area (Å²) in [4.78, 5) is 22.7. The van der Waals surface area contributed by atoms with Gasteiger partial charge >= 0.3 is 0 Å². The molecule has 23 heavy (non-hydrogen) atoms. The third-order valence-corrected chi connectivity index (χ3v) is 3.36. The number of carbonyl (C=O) groups is 1. The lowest BCUT2D eigenvalue weighted by molar-refractivity contribution is -0.384. The number of amides is 1. The predicted octanol–water partition coefficient (Wildman–Crippen LogP) is 2.73. The van der Waals surface area contributed by atoms with E-state index in [0.29, 0.717) is 17.3 Å². The minimum absolute atomic E-state index is 0.117. The molecule has 1 aromatic heterocycles. The topological polar surface area (TPSA) is 99.3 Å². The molecule has 1 aromatic carbocycles. The zero-order valence-corrected chi connectivity index (χ0v) is 13.3. The molecule has 0 bridgehead atoms. The van der Waals surface area contributed by atoms with Crippen LogP contribution in [0.3, 0.4) is 0 Å². The number of nitro groups is 1. The Morgan fingerprint density at radius 2 is 2.30 bits per heavy atom. The van der Waals surface area contributed by atoms with E-state index < -0.39 is 10.8 Å². The zero-order chi connectivity index (χ0) is 17.0. The van der Waals surface area contributed by atoms with Crippen molar-refractivity contribution in [3.05, 3.63) is 45.7 Å². The summed E-state index contributed by atoms with van der Waals surface area (Å²) < 4.78 is 6.49. The fraction of sp³-hybridized carbons (Fsp3) is 0.286. The third-order valence-electron chi connectivity index (χ3n) is 3.17. The standard InChI is InChI=1S/C14H15ClN4O4/c1-9(7-18-8-10(15)6-16-18)14(20)17-12-4-3-11(23-2)5-13(12)19(21)22/h3-6,8-9H,7H2,1-2H3,(H,17,20). The van der Waals surface area contributed by atoms with Crippen LogP contribution in [0.5, 0.6) is 5.75 Å². The first-order valence-corrected chi connectivity index (χ1v) is 7.09. The van der Waals surface area contributed by atoms with Crippen LogP contribution in [0.15, 0.2) is 30.6 Å². The highest BCUT2D eigenvalue weighted by molar-refractivity contribution is 6.30. The molecule has 9 heteroatoms. The molecule has 0 spiro atoms. The van der Waals surface area contributed by atoms with Gasteiger partial charge in [-0.05, 0) is 12.1 Å². The van der Waals surface area contributed by atoms with Gasteiger partial charge in [0.25, 0.3) is 5.69 Å². The van der Waals surface area contributed by atoms with E-state index in [1.54, 1.807) is 19.2 Å². The van der Waals surface area contributed by atoms with Gasteiger partial charge in [0.15, 0.2) is 0 Å². The Hall–Kier alpha value is -2.61. The molecule has 0 aliphatic rings. The maximum Gasteiger partial charge on any atom is 0.296 e. The Kier molecular flexibility index (Phi) is 5.17. The Morgan fingerprint density at radius 1 is 1.57 bits per heavy atom. The second kappa shape index (κ2) is 7.10. The number of carbonyl (C=O) groups excluding carboxylic acids is 1. The molecule has 1 atom stereocenters. The number of anilines is 1. The SMILES string of the molecule is COc1ccc(NC(=O)C(C)Cn2cc(Cl)cn2)c([N+](=O)[O-])c1. The molecule has 2 aromatic rings. The number of hydrogen-bond acceptors (Lipinski definition) is 5. The summed E-state index contributed by atoms with van der Waals surface area (Å²) in [5.41, 5.74) is -0.113. The van der Waals surface area contributed by atoms with Gasteiger partial charge in [0.2, 0.25) is 5.91 Å². The van der Waals surface area contributed by atoms with Crippen LogP contribution < -0.4 is 10.1 Å². The fourth-order valence-electron chi connectivity index (χ4n) is 1.95. The molecule has 122 valence electrons. The Labute approximate surface area is 137 Å². The summed E-state index contributed by atoms with van der Waals surface area (Å²) in [6, 6.07) is 4.24. The van der Waals surface area contributed by atoms with Crippen LogP contribution in [0.4, 0.5) is 11.4 Å². The largest absolute Gasteiger partial charge is 0.496 e. The monoisotopic (exact) mass is 338 g/mol. The number of hydrogen-bond donors (Lipinski definition) is 1. The van der Waals surface area contributed by atoms with Gasteiger partial charge in [-0.2, -0.15) is 5.10 Å². The molecule has 0 fully saturated rings. The number of methoxy groups -OCH3 is 1. The molecule has 0 saturated carbocycles. The summed E-state index contributed by atoms with van der Waals surface area (Å²) in [5.74, 6) is -0.466. The molecule has 0 saturated heterocycles. The summed E-state index contributed by atoms with van der Waals surface area (Å²) >= 11 is 5.77. The molecule has 0 aliphatic carbocycles. The number of halogens is 1. The molecular formula is C14H15ClN4O4. The molecule has 1 unspecified atom stereocenters. The summed E-state index contributed by atoms with van der Waals surface area (Å²) in [5, 5.41) is 18.1. The maximum absolute atomic E-state index is 12.2. The molecule has 1 N–H and O–H groups in total. The molecule has 1 heterocycles. The first kappa shape index (κ1) is 16.8. The van der Waals surface area contributed by atoms with Gasteiger partial charge in [-0.25, -0.2) is 0 Å². The van der Waals surface area contributed by atoms with E-state index in [9.17, 15) is 14.9 Å². The number of nitro benzene ring substituents is 1. The third kappa shape index (κ3) is 4.19.